The molecule has 2 aliphatic heterocycles. The SMILES string of the molecule is CCn1c(C2CCCN2C(=O)CCC2CCNCC2)nc2ccccc21.Cl.Cl. The summed E-state index contributed by atoms with van der Waals surface area (Å²) in [4.78, 5) is 20.0. The van der Waals surface area contributed by atoms with Crippen LogP contribution in [0.25, 0.3) is 11.0 Å². The molecule has 7 heteroatoms. The van der Waals surface area contributed by atoms with Gasteiger partial charge < -0.3 is 14.8 Å². The number of rotatable bonds is 5. The van der Waals surface area contributed by atoms with Crippen molar-refractivity contribution in [1.82, 2.24) is 19.8 Å². The van der Waals surface area contributed by atoms with Gasteiger partial charge in [0.25, 0.3) is 0 Å². The molecule has 0 aliphatic carbocycles. The summed E-state index contributed by atoms with van der Waals surface area (Å²) in [6.45, 7) is 6.14. The lowest BCUT2D eigenvalue weighted by molar-refractivity contribution is -0.132. The molecule has 28 heavy (non-hydrogen) atoms. The number of halogens is 2. The first kappa shape index (κ1) is 23.0. The van der Waals surface area contributed by atoms with E-state index in [1.807, 2.05) is 6.07 Å². The fraction of sp³-hybridized carbons (Fsp3) is 0.619. The second kappa shape index (κ2) is 10.5. The standard InChI is InChI=1S/C21H30N4O.2ClH/c1-2-24-18-7-4-3-6-17(18)23-21(24)19-8-5-15-25(19)20(26)10-9-16-11-13-22-14-12-16;;/h3-4,6-7,16,19,22H,2,5,8-15H2,1H3;2*1H. The average molecular weight is 427 g/mol. The minimum atomic E-state index is 0. The van der Waals surface area contributed by atoms with Crippen LogP contribution in [0.2, 0.25) is 0 Å². The molecule has 5 nitrogen and oxygen atoms in total. The smallest absolute Gasteiger partial charge is 0.223 e. The summed E-state index contributed by atoms with van der Waals surface area (Å²) in [6.07, 6.45) is 6.26. The summed E-state index contributed by atoms with van der Waals surface area (Å²) in [6, 6.07) is 8.45. The predicted octanol–water partition coefficient (Wildman–Crippen LogP) is 4.34. The molecule has 2 fully saturated rings. The summed E-state index contributed by atoms with van der Waals surface area (Å²) >= 11 is 0. The van der Waals surface area contributed by atoms with Crippen LogP contribution in [0.5, 0.6) is 0 Å². The van der Waals surface area contributed by atoms with Crippen LogP contribution < -0.4 is 5.32 Å². The summed E-state index contributed by atoms with van der Waals surface area (Å²) in [5, 5.41) is 3.41. The molecular weight excluding hydrogens is 395 g/mol. The molecule has 1 aromatic carbocycles. The Morgan fingerprint density at radius 3 is 2.68 bits per heavy atom. The van der Waals surface area contributed by atoms with Crippen molar-refractivity contribution in [2.75, 3.05) is 19.6 Å². The predicted molar refractivity (Wildman–Crippen MR) is 118 cm³/mol. The van der Waals surface area contributed by atoms with Gasteiger partial charge in [-0.1, -0.05) is 12.1 Å². The number of nitrogens with one attached hydrogen (secondary N) is 1. The lowest BCUT2D eigenvalue weighted by atomic mass is 9.93. The van der Waals surface area contributed by atoms with E-state index in [-0.39, 0.29) is 30.9 Å². The van der Waals surface area contributed by atoms with E-state index >= 15 is 0 Å². The molecule has 0 radical (unpaired) electrons. The first-order valence-corrected chi connectivity index (χ1v) is 10.2. The Hall–Kier alpha value is -1.30. The third-order valence-electron chi connectivity index (χ3n) is 6.10. The highest BCUT2D eigenvalue weighted by molar-refractivity contribution is 5.85. The number of benzene rings is 1. The summed E-state index contributed by atoms with van der Waals surface area (Å²) in [7, 11) is 0. The molecule has 1 atom stereocenters. The van der Waals surface area contributed by atoms with E-state index in [1.165, 1.54) is 18.4 Å². The van der Waals surface area contributed by atoms with Gasteiger partial charge in [-0.25, -0.2) is 4.98 Å². The highest BCUT2D eigenvalue weighted by Gasteiger charge is 2.33. The van der Waals surface area contributed by atoms with Gasteiger partial charge in [0.15, 0.2) is 0 Å². The van der Waals surface area contributed by atoms with Crippen molar-refractivity contribution in [2.45, 2.75) is 58.0 Å². The number of aromatic nitrogens is 2. The topological polar surface area (TPSA) is 50.2 Å². The fourth-order valence-corrected chi connectivity index (χ4v) is 4.66. The van der Waals surface area contributed by atoms with Crippen LogP contribution in [0.4, 0.5) is 0 Å². The monoisotopic (exact) mass is 426 g/mol. The number of carbonyl (C=O) groups is 1. The normalized spacial score (nSPS) is 20.0. The van der Waals surface area contributed by atoms with Gasteiger partial charge in [0.1, 0.15) is 5.82 Å². The zero-order valence-corrected chi connectivity index (χ0v) is 18.2. The summed E-state index contributed by atoms with van der Waals surface area (Å²) < 4.78 is 2.29. The van der Waals surface area contributed by atoms with Gasteiger partial charge >= 0.3 is 0 Å². The van der Waals surface area contributed by atoms with Crippen molar-refractivity contribution in [1.29, 1.82) is 0 Å². The molecule has 1 unspecified atom stereocenters. The van der Waals surface area contributed by atoms with Crippen LogP contribution in [0, 0.1) is 5.92 Å². The Kier molecular flexibility index (Phi) is 8.59. The largest absolute Gasteiger partial charge is 0.333 e. The lowest BCUT2D eigenvalue weighted by Gasteiger charge is -2.27. The second-order valence-corrected chi connectivity index (χ2v) is 7.68. The van der Waals surface area contributed by atoms with Crippen molar-refractivity contribution in [3.8, 4) is 0 Å². The number of amides is 1. The zero-order valence-electron chi connectivity index (χ0n) is 16.6. The lowest BCUT2D eigenvalue weighted by Crippen LogP contribution is -2.33. The first-order valence-electron chi connectivity index (χ1n) is 10.2. The van der Waals surface area contributed by atoms with Gasteiger partial charge in [-0.2, -0.15) is 0 Å². The van der Waals surface area contributed by atoms with Crippen molar-refractivity contribution in [3.63, 3.8) is 0 Å². The highest BCUT2D eigenvalue weighted by atomic mass is 35.5. The van der Waals surface area contributed by atoms with Crippen molar-refractivity contribution >= 4 is 41.8 Å². The van der Waals surface area contributed by atoms with Crippen molar-refractivity contribution < 1.29 is 4.79 Å². The van der Waals surface area contributed by atoms with Gasteiger partial charge in [-0.05, 0) is 70.2 Å². The molecular formula is C21H32Cl2N4O. The number of para-hydroxylation sites is 2. The third kappa shape index (κ3) is 4.64. The van der Waals surface area contributed by atoms with Crippen LogP contribution in [0.3, 0.4) is 0 Å². The maximum absolute atomic E-state index is 13.0. The molecule has 0 spiro atoms. The molecule has 156 valence electrons. The number of aryl methyl sites for hydroxylation is 1. The highest BCUT2D eigenvalue weighted by Crippen LogP contribution is 2.34. The molecule has 2 saturated heterocycles. The van der Waals surface area contributed by atoms with E-state index in [0.717, 1.165) is 56.8 Å². The van der Waals surface area contributed by atoms with Gasteiger partial charge in [-0.3, -0.25) is 4.79 Å². The van der Waals surface area contributed by atoms with Crippen LogP contribution in [0.1, 0.15) is 57.3 Å². The second-order valence-electron chi connectivity index (χ2n) is 7.68. The Balaban J connectivity index is 0.00000140. The maximum Gasteiger partial charge on any atom is 0.223 e. The number of fused-ring (bicyclic) bond motifs is 1. The maximum atomic E-state index is 13.0. The third-order valence-corrected chi connectivity index (χ3v) is 6.10. The van der Waals surface area contributed by atoms with Gasteiger partial charge in [0, 0.05) is 19.5 Å². The number of carbonyl (C=O) groups excluding carboxylic acids is 1. The van der Waals surface area contributed by atoms with E-state index in [4.69, 9.17) is 4.98 Å². The van der Waals surface area contributed by atoms with E-state index in [9.17, 15) is 4.79 Å². The summed E-state index contributed by atoms with van der Waals surface area (Å²) in [5.41, 5.74) is 2.22. The minimum Gasteiger partial charge on any atom is -0.333 e. The molecule has 1 aromatic heterocycles. The molecule has 2 aliphatic rings. The molecule has 0 saturated carbocycles. The van der Waals surface area contributed by atoms with E-state index < -0.39 is 0 Å². The van der Waals surface area contributed by atoms with Gasteiger partial charge in [-0.15, -0.1) is 24.8 Å². The zero-order chi connectivity index (χ0) is 17.9. The van der Waals surface area contributed by atoms with E-state index in [0.29, 0.717) is 18.2 Å². The Morgan fingerprint density at radius 2 is 1.93 bits per heavy atom. The Labute approximate surface area is 180 Å². The molecule has 1 N–H and O–H groups in total. The number of likely N-dealkylation sites (tertiary alicyclic amines) is 1. The number of hydrogen-bond acceptors (Lipinski definition) is 3. The van der Waals surface area contributed by atoms with Crippen LogP contribution in [0.15, 0.2) is 24.3 Å². The Bertz CT molecular complexity index is 773. The van der Waals surface area contributed by atoms with E-state index in [1.54, 1.807) is 0 Å². The average Bonchev–Trinajstić information content (AvgIpc) is 3.31. The minimum absolute atomic E-state index is 0. The Morgan fingerprint density at radius 1 is 1.18 bits per heavy atom. The fourth-order valence-electron chi connectivity index (χ4n) is 4.66. The summed E-state index contributed by atoms with van der Waals surface area (Å²) in [5.74, 6) is 2.10. The van der Waals surface area contributed by atoms with Crippen LogP contribution >= 0.6 is 24.8 Å². The van der Waals surface area contributed by atoms with E-state index in [2.05, 4.69) is 39.9 Å². The molecule has 1 amide bonds. The van der Waals surface area contributed by atoms with Crippen molar-refractivity contribution in [3.05, 3.63) is 30.1 Å². The van der Waals surface area contributed by atoms with Crippen LogP contribution in [-0.4, -0.2) is 40.0 Å². The number of imidazole rings is 1. The number of nitrogens with zero attached hydrogens (tertiary/aromatic N) is 3. The number of piperidine rings is 1. The van der Waals surface area contributed by atoms with Gasteiger partial charge in [0.2, 0.25) is 5.91 Å². The molecule has 3 heterocycles. The molecule has 4 rings (SSSR count). The first-order chi connectivity index (χ1) is 12.8. The van der Waals surface area contributed by atoms with Crippen molar-refractivity contribution in [2.24, 2.45) is 5.92 Å². The molecule has 2 aromatic rings. The number of hydrogen-bond donors (Lipinski definition) is 1. The van der Waals surface area contributed by atoms with Gasteiger partial charge in [0.05, 0.1) is 17.1 Å². The quantitative estimate of drug-likeness (QED) is 0.772. The van der Waals surface area contributed by atoms with Crippen LogP contribution in [-0.2, 0) is 11.3 Å². The molecule has 0 bridgehead atoms.